The first-order valence-electron chi connectivity index (χ1n) is 7.83. The van der Waals surface area contributed by atoms with Crippen molar-refractivity contribution in [3.05, 3.63) is 0 Å². The minimum Gasteiger partial charge on any atom is -0.355 e. The van der Waals surface area contributed by atoms with E-state index in [0.29, 0.717) is 31.3 Å². The first-order chi connectivity index (χ1) is 9.58. The van der Waals surface area contributed by atoms with Gasteiger partial charge in [-0.05, 0) is 51.6 Å². The lowest BCUT2D eigenvalue weighted by Crippen LogP contribution is -2.42. The summed E-state index contributed by atoms with van der Waals surface area (Å²) in [7, 11) is 0. The summed E-state index contributed by atoms with van der Waals surface area (Å²) in [6.45, 7) is 9.43. The number of amides is 2. The van der Waals surface area contributed by atoms with E-state index in [1.165, 1.54) is 12.8 Å². The van der Waals surface area contributed by atoms with Gasteiger partial charge in [0, 0.05) is 19.5 Å². The molecule has 1 aliphatic heterocycles. The molecule has 0 aliphatic carbocycles. The summed E-state index contributed by atoms with van der Waals surface area (Å²) >= 11 is 0. The number of rotatable bonds is 7. The van der Waals surface area contributed by atoms with E-state index in [1.807, 2.05) is 13.8 Å². The molecule has 116 valence electrons. The van der Waals surface area contributed by atoms with Crippen molar-refractivity contribution in [1.82, 2.24) is 15.5 Å². The highest BCUT2D eigenvalue weighted by atomic mass is 16.2. The van der Waals surface area contributed by atoms with Crippen LogP contribution in [0.3, 0.4) is 0 Å². The molecule has 1 rings (SSSR count). The molecule has 1 heterocycles. The normalized spacial score (nSPS) is 20.2. The van der Waals surface area contributed by atoms with Gasteiger partial charge >= 0.3 is 0 Å². The fraction of sp³-hybridized carbons (Fsp3) is 0.867. The van der Waals surface area contributed by atoms with Crippen LogP contribution in [-0.4, -0.2) is 49.4 Å². The van der Waals surface area contributed by atoms with E-state index < -0.39 is 0 Å². The Morgan fingerprint density at radius 1 is 1.40 bits per heavy atom. The summed E-state index contributed by atoms with van der Waals surface area (Å²) in [5.74, 6) is 0.973. The van der Waals surface area contributed by atoms with Gasteiger partial charge < -0.3 is 15.5 Å². The number of piperidine rings is 1. The summed E-state index contributed by atoms with van der Waals surface area (Å²) in [6.07, 6.45) is 2.93. The SMILES string of the molecule is CCNC(=O)CN(CC)C(=O)CC(C)C1CCCNC1. The van der Waals surface area contributed by atoms with Crippen LogP contribution in [0.15, 0.2) is 0 Å². The molecule has 0 bridgehead atoms. The first kappa shape index (κ1) is 17.0. The lowest BCUT2D eigenvalue weighted by atomic mass is 9.85. The Bertz CT molecular complexity index is 314. The second-order valence-electron chi connectivity index (χ2n) is 5.65. The second kappa shape index (κ2) is 8.95. The van der Waals surface area contributed by atoms with Gasteiger partial charge in [-0.2, -0.15) is 0 Å². The molecule has 0 aromatic rings. The molecule has 20 heavy (non-hydrogen) atoms. The maximum absolute atomic E-state index is 12.3. The zero-order valence-corrected chi connectivity index (χ0v) is 13.1. The van der Waals surface area contributed by atoms with Crippen molar-refractivity contribution in [2.24, 2.45) is 11.8 Å². The average molecular weight is 283 g/mol. The third-order valence-electron chi connectivity index (χ3n) is 4.08. The predicted molar refractivity (Wildman–Crippen MR) is 80.3 cm³/mol. The number of carbonyl (C=O) groups is 2. The van der Waals surface area contributed by atoms with Crippen LogP contribution in [0.4, 0.5) is 0 Å². The van der Waals surface area contributed by atoms with Gasteiger partial charge in [-0.1, -0.05) is 6.92 Å². The van der Waals surface area contributed by atoms with Crippen molar-refractivity contribution in [2.75, 3.05) is 32.7 Å². The Morgan fingerprint density at radius 2 is 2.15 bits per heavy atom. The van der Waals surface area contributed by atoms with Crippen molar-refractivity contribution in [1.29, 1.82) is 0 Å². The van der Waals surface area contributed by atoms with Gasteiger partial charge in [-0.15, -0.1) is 0 Å². The topological polar surface area (TPSA) is 61.4 Å². The van der Waals surface area contributed by atoms with Crippen molar-refractivity contribution < 1.29 is 9.59 Å². The number of nitrogens with one attached hydrogen (secondary N) is 2. The number of nitrogens with zero attached hydrogens (tertiary/aromatic N) is 1. The summed E-state index contributed by atoms with van der Waals surface area (Å²) in [5.41, 5.74) is 0. The minimum absolute atomic E-state index is 0.0744. The number of carbonyl (C=O) groups excluding carboxylic acids is 2. The summed E-state index contributed by atoms with van der Waals surface area (Å²) in [4.78, 5) is 25.5. The van der Waals surface area contributed by atoms with Gasteiger partial charge in [0.1, 0.15) is 0 Å². The molecule has 5 heteroatoms. The van der Waals surface area contributed by atoms with E-state index in [-0.39, 0.29) is 18.4 Å². The standard InChI is InChI=1S/C15H29N3O2/c1-4-17-14(19)11-18(5-2)15(20)9-12(3)13-7-6-8-16-10-13/h12-13,16H,4-11H2,1-3H3,(H,17,19). The molecule has 1 saturated heterocycles. The maximum Gasteiger partial charge on any atom is 0.239 e. The fourth-order valence-electron chi connectivity index (χ4n) is 2.74. The molecule has 0 aromatic heterocycles. The molecule has 0 spiro atoms. The van der Waals surface area contributed by atoms with E-state index in [4.69, 9.17) is 0 Å². The minimum atomic E-state index is -0.0744. The number of hydrogen-bond acceptors (Lipinski definition) is 3. The first-order valence-corrected chi connectivity index (χ1v) is 7.83. The maximum atomic E-state index is 12.3. The van der Waals surface area contributed by atoms with Crippen molar-refractivity contribution >= 4 is 11.8 Å². The van der Waals surface area contributed by atoms with Crippen LogP contribution < -0.4 is 10.6 Å². The number of likely N-dealkylation sites (N-methyl/N-ethyl adjacent to an activating group) is 2. The van der Waals surface area contributed by atoms with Gasteiger partial charge in [-0.25, -0.2) is 0 Å². The van der Waals surface area contributed by atoms with Gasteiger partial charge in [0.15, 0.2) is 0 Å². The van der Waals surface area contributed by atoms with Gasteiger partial charge in [-0.3, -0.25) is 9.59 Å². The summed E-state index contributed by atoms with van der Waals surface area (Å²) < 4.78 is 0. The molecule has 2 unspecified atom stereocenters. The monoisotopic (exact) mass is 283 g/mol. The third-order valence-corrected chi connectivity index (χ3v) is 4.08. The Labute approximate surface area is 122 Å². The zero-order chi connectivity index (χ0) is 15.0. The molecular formula is C15H29N3O2. The van der Waals surface area contributed by atoms with E-state index >= 15 is 0 Å². The quantitative estimate of drug-likeness (QED) is 0.732. The van der Waals surface area contributed by atoms with Gasteiger partial charge in [0.25, 0.3) is 0 Å². The molecule has 0 saturated carbocycles. The molecule has 0 aromatic carbocycles. The molecule has 2 atom stereocenters. The molecule has 2 amide bonds. The van der Waals surface area contributed by atoms with Crippen molar-refractivity contribution in [3.8, 4) is 0 Å². The highest BCUT2D eigenvalue weighted by Gasteiger charge is 2.24. The van der Waals surface area contributed by atoms with Crippen LogP contribution in [0, 0.1) is 11.8 Å². The van der Waals surface area contributed by atoms with Crippen LogP contribution >= 0.6 is 0 Å². The Morgan fingerprint density at radius 3 is 2.70 bits per heavy atom. The van der Waals surface area contributed by atoms with Crippen LogP contribution in [0.1, 0.15) is 40.0 Å². The molecule has 2 N–H and O–H groups in total. The Balaban J connectivity index is 2.43. The van der Waals surface area contributed by atoms with Crippen LogP contribution in [0.5, 0.6) is 0 Å². The van der Waals surface area contributed by atoms with Crippen molar-refractivity contribution in [3.63, 3.8) is 0 Å². The largest absolute Gasteiger partial charge is 0.355 e. The van der Waals surface area contributed by atoms with E-state index in [1.54, 1.807) is 4.90 Å². The smallest absolute Gasteiger partial charge is 0.239 e. The van der Waals surface area contributed by atoms with Crippen LogP contribution in [0.2, 0.25) is 0 Å². The third kappa shape index (κ3) is 5.49. The molecule has 5 nitrogen and oxygen atoms in total. The van der Waals surface area contributed by atoms with Gasteiger partial charge in [0.2, 0.25) is 11.8 Å². The Hall–Kier alpha value is -1.10. The van der Waals surface area contributed by atoms with Gasteiger partial charge in [0.05, 0.1) is 6.54 Å². The highest BCUT2D eigenvalue weighted by molar-refractivity contribution is 5.84. The Kier molecular flexibility index (Phi) is 7.59. The molecular weight excluding hydrogens is 254 g/mol. The fourth-order valence-corrected chi connectivity index (χ4v) is 2.74. The molecule has 1 aliphatic rings. The average Bonchev–Trinajstić information content (AvgIpc) is 2.45. The van der Waals surface area contributed by atoms with E-state index in [0.717, 1.165) is 13.1 Å². The second-order valence-corrected chi connectivity index (χ2v) is 5.65. The lowest BCUT2D eigenvalue weighted by molar-refractivity contribution is -0.136. The molecule has 1 fully saturated rings. The van der Waals surface area contributed by atoms with E-state index in [2.05, 4.69) is 17.6 Å². The molecule has 0 radical (unpaired) electrons. The van der Waals surface area contributed by atoms with Crippen LogP contribution in [0.25, 0.3) is 0 Å². The van der Waals surface area contributed by atoms with Crippen LogP contribution in [-0.2, 0) is 9.59 Å². The van der Waals surface area contributed by atoms with Crippen molar-refractivity contribution in [2.45, 2.75) is 40.0 Å². The lowest BCUT2D eigenvalue weighted by Gasteiger charge is -2.29. The summed E-state index contributed by atoms with van der Waals surface area (Å²) in [5, 5.41) is 6.13. The predicted octanol–water partition coefficient (Wildman–Crippen LogP) is 0.997. The highest BCUT2D eigenvalue weighted by Crippen LogP contribution is 2.23. The van der Waals surface area contributed by atoms with E-state index in [9.17, 15) is 9.59 Å². The summed E-state index contributed by atoms with van der Waals surface area (Å²) in [6, 6.07) is 0. The number of hydrogen-bond donors (Lipinski definition) is 2. The zero-order valence-electron chi connectivity index (χ0n) is 13.1.